The smallest absolute Gasteiger partial charge is 0.307 e. The largest absolute Gasteiger partial charge is 0.481 e. The zero-order valence-corrected chi connectivity index (χ0v) is 14.1. The number of amides is 2. The van der Waals surface area contributed by atoms with Gasteiger partial charge < -0.3 is 15.3 Å². The van der Waals surface area contributed by atoms with Crippen LogP contribution < -0.4 is 5.32 Å². The Labute approximate surface area is 139 Å². The summed E-state index contributed by atoms with van der Waals surface area (Å²) in [7, 11) is 3.21. The Hall–Kier alpha value is -2.08. The lowest BCUT2D eigenvalue weighted by Gasteiger charge is -2.13. The third-order valence-electron chi connectivity index (χ3n) is 4.25. The van der Waals surface area contributed by atoms with Crippen LogP contribution >= 0.6 is 11.6 Å². The number of carboxylic acids is 1. The van der Waals surface area contributed by atoms with Gasteiger partial charge in [-0.2, -0.15) is 0 Å². The van der Waals surface area contributed by atoms with Gasteiger partial charge in [-0.05, 0) is 23.6 Å². The fraction of sp³-hybridized carbons (Fsp3) is 0.438. The molecule has 0 heterocycles. The summed E-state index contributed by atoms with van der Waals surface area (Å²) < 4.78 is 0. The zero-order chi connectivity index (χ0) is 17.5. The molecule has 0 saturated heterocycles. The number of hydrogen-bond donors (Lipinski definition) is 2. The van der Waals surface area contributed by atoms with E-state index >= 15 is 0 Å². The molecule has 0 bridgehead atoms. The lowest BCUT2D eigenvalue weighted by molar-refractivity contribution is -0.140. The predicted molar refractivity (Wildman–Crippen MR) is 86.5 cm³/mol. The van der Waals surface area contributed by atoms with E-state index in [1.807, 2.05) is 0 Å². The SMILES string of the molecule is CN(C)C(=O)c1cc(NC(=O)[C@@H]2[C@H](C(=O)O)C2(C)C)ccc1Cl. The van der Waals surface area contributed by atoms with Crippen molar-refractivity contribution < 1.29 is 19.5 Å². The first-order valence-electron chi connectivity index (χ1n) is 7.12. The van der Waals surface area contributed by atoms with Crippen molar-refractivity contribution >= 4 is 35.1 Å². The van der Waals surface area contributed by atoms with Gasteiger partial charge in [0, 0.05) is 19.8 Å². The van der Waals surface area contributed by atoms with Gasteiger partial charge in [-0.1, -0.05) is 25.4 Å². The molecular weight excluding hydrogens is 320 g/mol. The van der Waals surface area contributed by atoms with E-state index in [0.717, 1.165) is 0 Å². The van der Waals surface area contributed by atoms with Crippen LogP contribution in [0, 0.1) is 17.3 Å². The number of nitrogens with zero attached hydrogens (tertiary/aromatic N) is 1. The molecule has 0 aliphatic heterocycles. The van der Waals surface area contributed by atoms with E-state index in [1.54, 1.807) is 34.0 Å². The molecule has 2 N–H and O–H groups in total. The molecule has 23 heavy (non-hydrogen) atoms. The minimum absolute atomic E-state index is 0.277. The Balaban J connectivity index is 2.19. The highest BCUT2D eigenvalue weighted by Crippen LogP contribution is 2.58. The van der Waals surface area contributed by atoms with Crippen molar-refractivity contribution in [3.8, 4) is 0 Å². The average molecular weight is 339 g/mol. The number of nitrogens with one attached hydrogen (secondary N) is 1. The summed E-state index contributed by atoms with van der Waals surface area (Å²) in [6.07, 6.45) is 0. The minimum Gasteiger partial charge on any atom is -0.481 e. The molecule has 0 aromatic heterocycles. The van der Waals surface area contributed by atoms with Gasteiger partial charge in [0.1, 0.15) is 0 Å². The number of carboxylic acid groups (broad SMARTS) is 1. The van der Waals surface area contributed by atoms with Crippen molar-refractivity contribution in [2.45, 2.75) is 13.8 Å². The minimum atomic E-state index is -0.977. The molecule has 1 aromatic carbocycles. The first-order valence-corrected chi connectivity index (χ1v) is 7.50. The summed E-state index contributed by atoms with van der Waals surface area (Å²) in [4.78, 5) is 36.9. The first kappa shape index (κ1) is 17.3. The molecule has 2 amide bonds. The zero-order valence-electron chi connectivity index (χ0n) is 13.4. The van der Waals surface area contributed by atoms with Crippen LogP contribution in [0.1, 0.15) is 24.2 Å². The van der Waals surface area contributed by atoms with Gasteiger partial charge in [-0.25, -0.2) is 0 Å². The molecular formula is C16H19ClN2O4. The van der Waals surface area contributed by atoms with Gasteiger partial charge in [0.2, 0.25) is 5.91 Å². The van der Waals surface area contributed by atoms with Crippen LogP contribution in [0.4, 0.5) is 5.69 Å². The van der Waals surface area contributed by atoms with Gasteiger partial charge in [0.25, 0.3) is 5.91 Å². The van der Waals surface area contributed by atoms with E-state index in [-0.39, 0.29) is 22.4 Å². The summed E-state index contributed by atoms with van der Waals surface area (Å²) in [5.41, 5.74) is 0.112. The van der Waals surface area contributed by atoms with Gasteiger partial charge in [0.15, 0.2) is 0 Å². The Morgan fingerprint density at radius 2 is 1.83 bits per heavy atom. The van der Waals surface area contributed by atoms with E-state index in [4.69, 9.17) is 16.7 Å². The highest BCUT2D eigenvalue weighted by atomic mass is 35.5. The molecule has 124 valence electrons. The normalized spacial score (nSPS) is 21.4. The summed E-state index contributed by atoms with van der Waals surface area (Å²) in [6.45, 7) is 3.50. The monoisotopic (exact) mass is 338 g/mol. The maximum atomic E-state index is 12.3. The molecule has 1 aromatic rings. The van der Waals surface area contributed by atoms with E-state index < -0.39 is 23.2 Å². The van der Waals surface area contributed by atoms with Gasteiger partial charge in [-0.3, -0.25) is 14.4 Å². The standard InChI is InChI=1S/C16H19ClN2O4/c1-16(2)11(12(16)15(22)23)13(20)18-8-5-6-10(17)9(7-8)14(21)19(3)4/h5-7,11-12H,1-4H3,(H,18,20)(H,22,23)/t11-,12+/m0/s1. The fourth-order valence-electron chi connectivity index (χ4n) is 2.82. The molecule has 1 saturated carbocycles. The van der Waals surface area contributed by atoms with Gasteiger partial charge >= 0.3 is 5.97 Å². The van der Waals surface area contributed by atoms with Crippen molar-refractivity contribution in [1.29, 1.82) is 0 Å². The van der Waals surface area contributed by atoms with Gasteiger partial charge in [0.05, 0.1) is 22.4 Å². The van der Waals surface area contributed by atoms with E-state index in [0.29, 0.717) is 5.69 Å². The Bertz CT molecular complexity index is 685. The number of hydrogen-bond acceptors (Lipinski definition) is 3. The number of aliphatic carboxylic acids is 1. The number of halogens is 1. The summed E-state index contributed by atoms with van der Waals surface area (Å²) in [6, 6.07) is 4.60. The van der Waals surface area contributed by atoms with Gasteiger partial charge in [-0.15, -0.1) is 0 Å². The van der Waals surface area contributed by atoms with Crippen molar-refractivity contribution in [1.82, 2.24) is 4.90 Å². The molecule has 1 fully saturated rings. The third-order valence-corrected chi connectivity index (χ3v) is 4.58. The molecule has 2 atom stereocenters. The lowest BCUT2D eigenvalue weighted by Crippen LogP contribution is -2.23. The molecule has 0 unspecified atom stereocenters. The molecule has 0 radical (unpaired) electrons. The maximum Gasteiger partial charge on any atom is 0.307 e. The molecule has 1 aliphatic carbocycles. The maximum absolute atomic E-state index is 12.3. The molecule has 1 aliphatic rings. The first-order chi connectivity index (χ1) is 10.6. The second-order valence-corrected chi connectivity index (χ2v) is 6.91. The predicted octanol–water partition coefficient (Wildman–Crippen LogP) is 2.34. The third kappa shape index (κ3) is 3.17. The Morgan fingerprint density at radius 1 is 1.22 bits per heavy atom. The van der Waals surface area contributed by atoms with Crippen molar-refractivity contribution in [2.24, 2.45) is 17.3 Å². The molecule has 7 heteroatoms. The summed E-state index contributed by atoms with van der Waals surface area (Å²) >= 11 is 6.02. The average Bonchev–Trinajstić information content (AvgIpc) is 3.03. The number of rotatable bonds is 4. The van der Waals surface area contributed by atoms with Crippen LogP contribution in [0.5, 0.6) is 0 Å². The van der Waals surface area contributed by atoms with Crippen LogP contribution in [0.3, 0.4) is 0 Å². The number of anilines is 1. The number of benzene rings is 1. The topological polar surface area (TPSA) is 86.7 Å². The second kappa shape index (κ2) is 5.85. The van der Waals surface area contributed by atoms with Crippen LogP contribution in [0.2, 0.25) is 5.02 Å². The van der Waals surface area contributed by atoms with Crippen molar-refractivity contribution in [3.05, 3.63) is 28.8 Å². The molecule has 0 spiro atoms. The van der Waals surface area contributed by atoms with E-state index in [2.05, 4.69) is 5.32 Å². The quantitative estimate of drug-likeness (QED) is 0.882. The number of carbonyl (C=O) groups is 3. The van der Waals surface area contributed by atoms with Crippen LogP contribution in [0.15, 0.2) is 18.2 Å². The van der Waals surface area contributed by atoms with E-state index in [9.17, 15) is 14.4 Å². The Morgan fingerprint density at radius 3 is 2.30 bits per heavy atom. The van der Waals surface area contributed by atoms with Crippen molar-refractivity contribution in [3.63, 3.8) is 0 Å². The second-order valence-electron chi connectivity index (χ2n) is 6.50. The fourth-order valence-corrected chi connectivity index (χ4v) is 3.01. The molecule has 2 rings (SSSR count). The highest BCUT2D eigenvalue weighted by molar-refractivity contribution is 6.34. The van der Waals surface area contributed by atoms with Crippen LogP contribution in [-0.4, -0.2) is 41.9 Å². The van der Waals surface area contributed by atoms with Crippen molar-refractivity contribution in [2.75, 3.05) is 19.4 Å². The highest BCUT2D eigenvalue weighted by Gasteiger charge is 2.65. The van der Waals surface area contributed by atoms with Crippen LogP contribution in [-0.2, 0) is 9.59 Å². The van der Waals surface area contributed by atoms with Crippen LogP contribution in [0.25, 0.3) is 0 Å². The summed E-state index contributed by atoms with van der Waals surface area (Å²) in [5.74, 6) is -2.91. The van der Waals surface area contributed by atoms with E-state index in [1.165, 1.54) is 17.0 Å². The number of carbonyl (C=O) groups excluding carboxylic acids is 2. The Kier molecular flexibility index (Phi) is 4.39. The lowest BCUT2D eigenvalue weighted by atomic mass is 10.1. The summed E-state index contributed by atoms with van der Waals surface area (Å²) in [5, 5.41) is 12.1. The molecule has 6 nitrogen and oxygen atoms in total.